The zero-order chi connectivity index (χ0) is 11.8. The molecule has 86 valence electrons. The molecule has 0 fully saturated rings. The summed E-state index contributed by atoms with van der Waals surface area (Å²) in [5, 5.41) is 15.0. The highest BCUT2D eigenvalue weighted by molar-refractivity contribution is 5.81. The molecule has 0 saturated carbocycles. The maximum Gasteiger partial charge on any atom is 0.237 e. The maximum absolute atomic E-state index is 11.3. The van der Waals surface area contributed by atoms with Crippen molar-refractivity contribution in [2.24, 2.45) is 5.92 Å². The molecule has 15 heavy (non-hydrogen) atoms. The van der Waals surface area contributed by atoms with Gasteiger partial charge in [0.25, 0.3) is 0 Å². The molecule has 0 bridgehead atoms. The number of aliphatic hydroxyl groups is 1. The third-order valence-corrected chi connectivity index (χ3v) is 2.16. The Hall–Kier alpha value is -1.05. The van der Waals surface area contributed by atoms with Gasteiger partial charge in [-0.2, -0.15) is 0 Å². The second kappa shape index (κ2) is 7.27. The lowest BCUT2D eigenvalue weighted by molar-refractivity contribution is -0.122. The molecule has 1 amide bonds. The molecule has 0 rings (SSSR count). The van der Waals surface area contributed by atoms with Crippen molar-refractivity contribution in [3.63, 3.8) is 0 Å². The first-order chi connectivity index (χ1) is 6.99. The van der Waals surface area contributed by atoms with Gasteiger partial charge >= 0.3 is 0 Å². The molecule has 0 aliphatic rings. The van der Waals surface area contributed by atoms with E-state index in [0.717, 1.165) is 0 Å². The summed E-state index contributed by atoms with van der Waals surface area (Å²) in [4.78, 5) is 11.3. The first kappa shape index (κ1) is 13.9. The van der Waals surface area contributed by atoms with E-state index < -0.39 is 6.10 Å². The number of hydrogen-bond acceptors (Lipinski definition) is 3. The first-order valence-corrected chi connectivity index (χ1v) is 5.11. The van der Waals surface area contributed by atoms with Gasteiger partial charge in [0.2, 0.25) is 5.91 Å². The second-order valence-electron chi connectivity index (χ2n) is 3.86. The van der Waals surface area contributed by atoms with Gasteiger partial charge in [-0.15, -0.1) is 6.42 Å². The van der Waals surface area contributed by atoms with Crippen LogP contribution in [0, 0.1) is 18.3 Å². The van der Waals surface area contributed by atoms with E-state index in [1.807, 2.05) is 13.8 Å². The molecule has 4 nitrogen and oxygen atoms in total. The molecular formula is C11H20N2O2. The highest BCUT2D eigenvalue weighted by Crippen LogP contribution is 1.99. The monoisotopic (exact) mass is 212 g/mol. The molecule has 3 N–H and O–H groups in total. The van der Waals surface area contributed by atoms with Gasteiger partial charge in [-0.05, 0) is 12.8 Å². The van der Waals surface area contributed by atoms with Crippen molar-refractivity contribution in [2.75, 3.05) is 13.1 Å². The van der Waals surface area contributed by atoms with Crippen LogP contribution in [-0.4, -0.2) is 36.2 Å². The van der Waals surface area contributed by atoms with Crippen molar-refractivity contribution in [3.8, 4) is 12.3 Å². The average Bonchev–Trinajstić information content (AvgIpc) is 2.21. The topological polar surface area (TPSA) is 61.4 Å². The van der Waals surface area contributed by atoms with Crippen molar-refractivity contribution < 1.29 is 9.90 Å². The van der Waals surface area contributed by atoms with E-state index in [2.05, 4.69) is 16.6 Å². The minimum Gasteiger partial charge on any atom is -0.392 e. The molecular weight excluding hydrogens is 192 g/mol. The standard InChI is InChI=1S/C11H20N2O2/c1-5-6-12-11(15)9(4)13-7-10(14)8(2)3/h1,8-10,13-14H,6-7H2,2-4H3,(H,12,15). The van der Waals surface area contributed by atoms with Crippen LogP contribution in [0.1, 0.15) is 20.8 Å². The van der Waals surface area contributed by atoms with Crippen LogP contribution in [-0.2, 0) is 4.79 Å². The third-order valence-electron chi connectivity index (χ3n) is 2.16. The number of carbonyl (C=O) groups excluding carboxylic acids is 1. The van der Waals surface area contributed by atoms with Gasteiger partial charge in [0, 0.05) is 6.54 Å². The molecule has 0 aromatic rings. The van der Waals surface area contributed by atoms with Crippen LogP contribution in [0.15, 0.2) is 0 Å². The number of terminal acetylenes is 1. The first-order valence-electron chi connectivity index (χ1n) is 5.11. The summed E-state index contributed by atoms with van der Waals surface area (Å²) in [6, 6.07) is -0.341. The number of carbonyl (C=O) groups is 1. The molecule has 0 aromatic carbocycles. The lowest BCUT2D eigenvalue weighted by Crippen LogP contribution is -2.45. The molecule has 4 heteroatoms. The quantitative estimate of drug-likeness (QED) is 0.531. The molecule has 2 atom stereocenters. The van der Waals surface area contributed by atoms with Crippen LogP contribution in [0.5, 0.6) is 0 Å². The van der Waals surface area contributed by atoms with Crippen LogP contribution in [0.3, 0.4) is 0 Å². The zero-order valence-electron chi connectivity index (χ0n) is 9.58. The summed E-state index contributed by atoms with van der Waals surface area (Å²) >= 11 is 0. The van der Waals surface area contributed by atoms with E-state index in [1.54, 1.807) is 6.92 Å². The van der Waals surface area contributed by atoms with Crippen molar-refractivity contribution in [2.45, 2.75) is 32.9 Å². The van der Waals surface area contributed by atoms with Crippen LogP contribution in [0.2, 0.25) is 0 Å². The summed E-state index contributed by atoms with van der Waals surface area (Å²) in [7, 11) is 0. The third kappa shape index (κ3) is 6.10. The van der Waals surface area contributed by atoms with Gasteiger partial charge < -0.3 is 15.7 Å². The number of rotatable bonds is 6. The van der Waals surface area contributed by atoms with Crippen LogP contribution < -0.4 is 10.6 Å². The Morgan fingerprint density at radius 1 is 1.47 bits per heavy atom. The lowest BCUT2D eigenvalue weighted by atomic mass is 10.1. The van der Waals surface area contributed by atoms with Gasteiger partial charge in [-0.1, -0.05) is 19.8 Å². The highest BCUT2D eigenvalue weighted by atomic mass is 16.3. The lowest BCUT2D eigenvalue weighted by Gasteiger charge is -2.18. The molecule has 0 aliphatic carbocycles. The smallest absolute Gasteiger partial charge is 0.237 e. The Morgan fingerprint density at radius 2 is 2.07 bits per heavy atom. The molecule has 0 heterocycles. The Labute approximate surface area is 91.4 Å². The molecule has 0 aromatic heterocycles. The van der Waals surface area contributed by atoms with Crippen molar-refractivity contribution >= 4 is 5.91 Å². The van der Waals surface area contributed by atoms with E-state index in [9.17, 15) is 9.90 Å². The summed E-state index contributed by atoms with van der Waals surface area (Å²) in [5.41, 5.74) is 0. The molecule has 2 unspecified atom stereocenters. The van der Waals surface area contributed by atoms with E-state index in [4.69, 9.17) is 6.42 Å². The van der Waals surface area contributed by atoms with E-state index >= 15 is 0 Å². The highest BCUT2D eigenvalue weighted by Gasteiger charge is 2.14. The van der Waals surface area contributed by atoms with Crippen LogP contribution >= 0.6 is 0 Å². The number of amides is 1. The number of hydrogen-bond donors (Lipinski definition) is 3. The van der Waals surface area contributed by atoms with Gasteiger partial charge in [-0.3, -0.25) is 4.79 Å². The van der Waals surface area contributed by atoms with Gasteiger partial charge in [0.1, 0.15) is 0 Å². The van der Waals surface area contributed by atoms with Crippen LogP contribution in [0.25, 0.3) is 0 Å². The Morgan fingerprint density at radius 3 is 2.53 bits per heavy atom. The minimum atomic E-state index is -0.437. The molecule has 0 saturated heterocycles. The second-order valence-corrected chi connectivity index (χ2v) is 3.86. The maximum atomic E-state index is 11.3. The van der Waals surface area contributed by atoms with E-state index in [1.165, 1.54) is 0 Å². The SMILES string of the molecule is C#CCNC(=O)C(C)NCC(O)C(C)C. The summed E-state index contributed by atoms with van der Waals surface area (Å²) < 4.78 is 0. The molecule has 0 spiro atoms. The van der Waals surface area contributed by atoms with Gasteiger partial charge in [0.05, 0.1) is 18.7 Å². The Balaban J connectivity index is 3.78. The molecule has 0 radical (unpaired) electrons. The fourth-order valence-electron chi connectivity index (χ4n) is 0.917. The Bertz CT molecular complexity index is 233. The summed E-state index contributed by atoms with van der Waals surface area (Å²) in [6.07, 6.45) is 4.58. The van der Waals surface area contributed by atoms with E-state index in [-0.39, 0.29) is 24.4 Å². The predicted molar refractivity (Wildman–Crippen MR) is 60.2 cm³/mol. The summed E-state index contributed by atoms with van der Waals surface area (Å²) in [5.74, 6) is 2.36. The predicted octanol–water partition coefficient (Wildman–Crippen LogP) is -0.269. The largest absolute Gasteiger partial charge is 0.392 e. The van der Waals surface area contributed by atoms with Crippen molar-refractivity contribution in [3.05, 3.63) is 0 Å². The number of aliphatic hydroxyl groups excluding tert-OH is 1. The van der Waals surface area contributed by atoms with E-state index in [0.29, 0.717) is 6.54 Å². The minimum absolute atomic E-state index is 0.149. The normalized spacial score (nSPS) is 14.4. The Kier molecular flexibility index (Phi) is 6.76. The van der Waals surface area contributed by atoms with Crippen molar-refractivity contribution in [1.82, 2.24) is 10.6 Å². The van der Waals surface area contributed by atoms with Gasteiger partial charge in [0.15, 0.2) is 0 Å². The molecule has 0 aliphatic heterocycles. The average molecular weight is 212 g/mol. The van der Waals surface area contributed by atoms with Crippen molar-refractivity contribution in [1.29, 1.82) is 0 Å². The van der Waals surface area contributed by atoms with Crippen LogP contribution in [0.4, 0.5) is 0 Å². The zero-order valence-corrected chi connectivity index (χ0v) is 9.58. The fraction of sp³-hybridized carbons (Fsp3) is 0.727. The number of nitrogens with one attached hydrogen (secondary N) is 2. The van der Waals surface area contributed by atoms with Gasteiger partial charge in [-0.25, -0.2) is 0 Å². The fourth-order valence-corrected chi connectivity index (χ4v) is 0.917. The summed E-state index contributed by atoms with van der Waals surface area (Å²) in [6.45, 7) is 6.23.